The maximum Gasteiger partial charge on any atom is 0.410 e. The van der Waals surface area contributed by atoms with Crippen LogP contribution in [0.4, 0.5) is 4.79 Å². The van der Waals surface area contributed by atoms with Crippen molar-refractivity contribution >= 4 is 12.1 Å². The van der Waals surface area contributed by atoms with Gasteiger partial charge in [0, 0.05) is 6.42 Å². The van der Waals surface area contributed by atoms with Gasteiger partial charge in [-0.2, -0.15) is 0 Å². The second kappa shape index (κ2) is 6.44. The highest BCUT2D eigenvalue weighted by Crippen LogP contribution is 2.20. The van der Waals surface area contributed by atoms with Crippen LogP contribution in [0.25, 0.3) is 0 Å². The fraction of sp³-hybridized carbons (Fsp3) is 0.818. The summed E-state index contributed by atoms with van der Waals surface area (Å²) in [6.07, 6.45) is 0.653. The van der Waals surface area contributed by atoms with Crippen LogP contribution in [-0.4, -0.2) is 54.5 Å². The number of hydrogen-bond donors (Lipinski definition) is 1. The molecule has 0 aromatic carbocycles. The van der Waals surface area contributed by atoms with Crippen molar-refractivity contribution in [2.24, 2.45) is 0 Å². The Kier molecular flexibility index (Phi) is 5.21. The third kappa shape index (κ3) is 3.59. The van der Waals surface area contributed by atoms with Crippen molar-refractivity contribution in [2.45, 2.75) is 38.3 Å². The van der Waals surface area contributed by atoms with Crippen molar-refractivity contribution in [1.29, 1.82) is 0 Å². The lowest BCUT2D eigenvalue weighted by Gasteiger charge is -2.21. The first kappa shape index (κ1) is 13.8. The second-order valence-electron chi connectivity index (χ2n) is 4.05. The molecule has 0 radical (unpaired) electrons. The fourth-order valence-electron chi connectivity index (χ4n) is 1.76. The summed E-state index contributed by atoms with van der Waals surface area (Å²) in [6.45, 7) is 2.44. The van der Waals surface area contributed by atoms with Crippen molar-refractivity contribution in [3.8, 4) is 0 Å². The fourth-order valence-corrected chi connectivity index (χ4v) is 1.76. The van der Waals surface area contributed by atoms with Crippen molar-refractivity contribution in [2.75, 3.05) is 20.3 Å². The zero-order valence-electron chi connectivity index (χ0n) is 10.2. The number of unbranched alkanes of at least 4 members (excludes halogenated alkanes) is 1. The minimum absolute atomic E-state index is 0.116. The monoisotopic (exact) mass is 245 g/mol. The van der Waals surface area contributed by atoms with Crippen LogP contribution in [0.15, 0.2) is 0 Å². The van der Waals surface area contributed by atoms with Crippen LogP contribution in [0.2, 0.25) is 0 Å². The van der Waals surface area contributed by atoms with E-state index in [4.69, 9.17) is 4.74 Å². The van der Waals surface area contributed by atoms with E-state index in [2.05, 4.69) is 4.74 Å². The Bertz CT molecular complexity index is 281. The lowest BCUT2D eigenvalue weighted by Crippen LogP contribution is -2.41. The number of carbonyl (C=O) groups is 2. The van der Waals surface area contributed by atoms with Crippen LogP contribution in [0.3, 0.4) is 0 Å². The molecule has 0 aliphatic carbocycles. The summed E-state index contributed by atoms with van der Waals surface area (Å²) < 4.78 is 9.60. The molecule has 17 heavy (non-hydrogen) atoms. The van der Waals surface area contributed by atoms with E-state index >= 15 is 0 Å². The highest BCUT2D eigenvalue weighted by Gasteiger charge is 2.40. The lowest BCUT2D eigenvalue weighted by atomic mass is 10.2. The SMILES string of the molecule is CCCCOC(=O)N1CC(O)C[C@H]1C(=O)OC. The van der Waals surface area contributed by atoms with Crippen LogP contribution < -0.4 is 0 Å². The maximum atomic E-state index is 11.7. The molecule has 0 aromatic rings. The van der Waals surface area contributed by atoms with E-state index in [0.29, 0.717) is 6.61 Å². The molecule has 0 bridgehead atoms. The zero-order valence-corrected chi connectivity index (χ0v) is 10.2. The molecule has 1 aliphatic rings. The molecular formula is C11H19NO5. The molecule has 6 heteroatoms. The van der Waals surface area contributed by atoms with E-state index in [1.807, 2.05) is 6.92 Å². The Morgan fingerprint density at radius 1 is 1.47 bits per heavy atom. The van der Waals surface area contributed by atoms with Gasteiger partial charge in [-0.3, -0.25) is 4.90 Å². The summed E-state index contributed by atoms with van der Waals surface area (Å²) in [5.41, 5.74) is 0. The normalized spacial score (nSPS) is 23.6. The number of rotatable bonds is 4. The first-order valence-corrected chi connectivity index (χ1v) is 5.79. The standard InChI is InChI=1S/C11H19NO5/c1-3-4-5-17-11(15)12-7-8(13)6-9(12)10(14)16-2/h8-9,13H,3-7H2,1-2H3/t8?,9-/m0/s1. The maximum absolute atomic E-state index is 11.7. The first-order valence-electron chi connectivity index (χ1n) is 5.79. The second-order valence-corrected chi connectivity index (χ2v) is 4.05. The molecule has 1 fully saturated rings. The van der Waals surface area contributed by atoms with Crippen LogP contribution in [0.1, 0.15) is 26.2 Å². The van der Waals surface area contributed by atoms with Gasteiger partial charge in [0.25, 0.3) is 0 Å². The number of likely N-dealkylation sites (tertiary alicyclic amines) is 1. The Hall–Kier alpha value is -1.30. The number of carbonyl (C=O) groups excluding carboxylic acids is 2. The Balaban J connectivity index is 2.54. The van der Waals surface area contributed by atoms with Crippen LogP contribution in [-0.2, 0) is 14.3 Å². The molecule has 1 rings (SSSR count). The van der Waals surface area contributed by atoms with E-state index < -0.39 is 24.2 Å². The van der Waals surface area contributed by atoms with E-state index in [9.17, 15) is 14.7 Å². The predicted octanol–water partition coefficient (Wildman–Crippen LogP) is 0.531. The average molecular weight is 245 g/mol. The van der Waals surface area contributed by atoms with Crippen molar-refractivity contribution in [3.63, 3.8) is 0 Å². The number of hydrogen-bond acceptors (Lipinski definition) is 5. The van der Waals surface area contributed by atoms with Gasteiger partial charge < -0.3 is 14.6 Å². The molecule has 6 nitrogen and oxygen atoms in total. The Morgan fingerprint density at radius 3 is 2.76 bits per heavy atom. The summed E-state index contributed by atoms with van der Waals surface area (Å²) in [5, 5.41) is 9.48. The molecule has 0 saturated carbocycles. The number of β-amino-alcohol motifs (C(OH)–C–C–N with tert-alkyl or cyclic N) is 1. The highest BCUT2D eigenvalue weighted by atomic mass is 16.6. The Morgan fingerprint density at radius 2 is 2.18 bits per heavy atom. The van der Waals surface area contributed by atoms with Crippen molar-refractivity contribution in [3.05, 3.63) is 0 Å². The quantitative estimate of drug-likeness (QED) is 0.577. The van der Waals surface area contributed by atoms with Gasteiger partial charge in [0.2, 0.25) is 0 Å². The molecule has 1 heterocycles. The molecule has 1 unspecified atom stereocenters. The smallest absolute Gasteiger partial charge is 0.410 e. The summed E-state index contributed by atoms with van der Waals surface area (Å²) in [5.74, 6) is -0.519. The molecule has 98 valence electrons. The molecule has 1 aliphatic heterocycles. The van der Waals surface area contributed by atoms with Crippen LogP contribution in [0.5, 0.6) is 0 Å². The number of nitrogens with zero attached hydrogens (tertiary/aromatic N) is 1. The third-order valence-corrected chi connectivity index (χ3v) is 2.71. The van der Waals surface area contributed by atoms with E-state index in [1.54, 1.807) is 0 Å². The number of aliphatic hydroxyl groups is 1. The van der Waals surface area contributed by atoms with E-state index in [-0.39, 0.29) is 13.0 Å². The number of ether oxygens (including phenoxy) is 2. The van der Waals surface area contributed by atoms with Crippen molar-refractivity contribution in [1.82, 2.24) is 4.90 Å². The topological polar surface area (TPSA) is 76.1 Å². The summed E-state index contributed by atoms with van der Waals surface area (Å²) >= 11 is 0. The van der Waals surface area contributed by atoms with Gasteiger partial charge in [0.1, 0.15) is 6.04 Å². The lowest BCUT2D eigenvalue weighted by molar-refractivity contribution is -0.145. The van der Waals surface area contributed by atoms with Crippen LogP contribution >= 0.6 is 0 Å². The van der Waals surface area contributed by atoms with Gasteiger partial charge in [-0.15, -0.1) is 0 Å². The minimum Gasteiger partial charge on any atom is -0.467 e. The van der Waals surface area contributed by atoms with E-state index in [0.717, 1.165) is 12.8 Å². The summed E-state index contributed by atoms with van der Waals surface area (Å²) in [6, 6.07) is -0.732. The highest BCUT2D eigenvalue weighted by molar-refractivity contribution is 5.82. The average Bonchev–Trinajstić information content (AvgIpc) is 2.70. The summed E-state index contributed by atoms with van der Waals surface area (Å²) in [7, 11) is 1.26. The number of esters is 1. The first-order chi connectivity index (χ1) is 8.10. The molecule has 1 saturated heterocycles. The van der Waals surface area contributed by atoms with Gasteiger partial charge in [-0.05, 0) is 6.42 Å². The molecule has 0 aromatic heterocycles. The molecule has 1 N–H and O–H groups in total. The zero-order chi connectivity index (χ0) is 12.8. The number of methoxy groups -OCH3 is 1. The predicted molar refractivity (Wildman–Crippen MR) is 59.4 cm³/mol. The Labute approximate surface area is 100 Å². The number of amides is 1. The molecular weight excluding hydrogens is 226 g/mol. The number of aliphatic hydroxyl groups excluding tert-OH is 1. The minimum atomic E-state index is -0.732. The van der Waals surface area contributed by atoms with Gasteiger partial charge in [0.05, 0.1) is 26.4 Å². The van der Waals surface area contributed by atoms with Crippen LogP contribution in [0, 0.1) is 0 Å². The van der Waals surface area contributed by atoms with E-state index in [1.165, 1.54) is 12.0 Å². The van der Waals surface area contributed by atoms with Crippen molar-refractivity contribution < 1.29 is 24.2 Å². The molecule has 2 atom stereocenters. The van der Waals surface area contributed by atoms with Gasteiger partial charge in [0.15, 0.2) is 0 Å². The van der Waals surface area contributed by atoms with Gasteiger partial charge >= 0.3 is 12.1 Å². The third-order valence-electron chi connectivity index (χ3n) is 2.71. The molecule has 0 spiro atoms. The van der Waals surface area contributed by atoms with Gasteiger partial charge in [-0.1, -0.05) is 13.3 Å². The van der Waals surface area contributed by atoms with Gasteiger partial charge in [-0.25, -0.2) is 9.59 Å². The summed E-state index contributed by atoms with van der Waals surface area (Å²) in [4.78, 5) is 24.3. The largest absolute Gasteiger partial charge is 0.467 e. The molecule has 1 amide bonds.